The third-order valence-electron chi connectivity index (χ3n) is 7.65. The molecule has 3 unspecified atom stereocenters. The first kappa shape index (κ1) is 17.6. The van der Waals surface area contributed by atoms with Crippen LogP contribution in [0.1, 0.15) is 59.3 Å². The van der Waals surface area contributed by atoms with E-state index in [2.05, 4.69) is 6.92 Å². The lowest BCUT2D eigenvalue weighted by Gasteiger charge is -2.54. The van der Waals surface area contributed by atoms with Crippen LogP contribution in [0.15, 0.2) is 11.6 Å². The maximum Gasteiger partial charge on any atom is 0.302 e. The number of carbonyl (C=O) groups is 4. The van der Waals surface area contributed by atoms with Crippen LogP contribution >= 0.6 is 0 Å². The first-order chi connectivity index (χ1) is 12.2. The molecule has 3 fully saturated rings. The van der Waals surface area contributed by atoms with Gasteiger partial charge < -0.3 is 4.74 Å². The highest BCUT2D eigenvalue weighted by molar-refractivity contribution is 6.04. The largest absolute Gasteiger partial charge is 0.462 e. The lowest BCUT2D eigenvalue weighted by molar-refractivity contribution is -0.156. The van der Waals surface area contributed by atoms with E-state index in [0.717, 1.165) is 12.0 Å². The SMILES string of the molecule is CC(=O)O[C@H]1CC[C@@]2(C)C(=CC(=O)C3C2C(=O)C[C@]2(C)C(=O)CCC32)C1. The molecule has 6 atom stereocenters. The van der Waals surface area contributed by atoms with Gasteiger partial charge in [-0.15, -0.1) is 0 Å². The predicted molar refractivity (Wildman–Crippen MR) is 93.0 cm³/mol. The van der Waals surface area contributed by atoms with Crippen molar-refractivity contribution in [3.05, 3.63) is 11.6 Å². The Morgan fingerprint density at radius 3 is 2.58 bits per heavy atom. The fourth-order valence-electron chi connectivity index (χ4n) is 6.31. The Hall–Kier alpha value is -1.78. The number of esters is 1. The standard InChI is InChI=1S/C21H26O5/c1-11(22)26-13-6-7-20(2)12(8-13)9-15(23)18-14-4-5-17(25)21(14,3)10-16(24)19(18)20/h9,13-14,18-19H,4-8,10H2,1-3H3/t13-,14?,18?,19?,20-,21-/m0/s1. The number of allylic oxidation sites excluding steroid dienone is 1. The van der Waals surface area contributed by atoms with Crippen molar-refractivity contribution in [2.24, 2.45) is 28.6 Å². The van der Waals surface area contributed by atoms with E-state index in [1.54, 1.807) is 6.08 Å². The molecule has 0 bridgehead atoms. The van der Waals surface area contributed by atoms with Gasteiger partial charge in [0.15, 0.2) is 5.78 Å². The highest BCUT2D eigenvalue weighted by Crippen LogP contribution is 2.62. The Kier molecular flexibility index (Phi) is 3.80. The summed E-state index contributed by atoms with van der Waals surface area (Å²) in [4.78, 5) is 49.9. The second kappa shape index (κ2) is 5.61. The summed E-state index contributed by atoms with van der Waals surface area (Å²) in [5, 5.41) is 0. The van der Waals surface area contributed by atoms with Crippen LogP contribution in [0.2, 0.25) is 0 Å². The van der Waals surface area contributed by atoms with Crippen LogP contribution in [0.4, 0.5) is 0 Å². The molecule has 0 aliphatic heterocycles. The molecule has 4 aliphatic carbocycles. The molecule has 0 amide bonds. The van der Waals surface area contributed by atoms with E-state index >= 15 is 0 Å². The van der Waals surface area contributed by atoms with Crippen LogP contribution in [0.3, 0.4) is 0 Å². The van der Waals surface area contributed by atoms with Gasteiger partial charge in [0.1, 0.15) is 17.7 Å². The van der Waals surface area contributed by atoms with E-state index in [1.807, 2.05) is 6.92 Å². The van der Waals surface area contributed by atoms with E-state index < -0.39 is 5.41 Å². The van der Waals surface area contributed by atoms with Gasteiger partial charge in [-0.25, -0.2) is 0 Å². The van der Waals surface area contributed by atoms with Gasteiger partial charge >= 0.3 is 5.97 Å². The van der Waals surface area contributed by atoms with Crippen molar-refractivity contribution in [2.75, 3.05) is 0 Å². The third-order valence-corrected chi connectivity index (χ3v) is 7.65. The normalized spacial score (nSPS) is 44.7. The first-order valence-electron chi connectivity index (χ1n) is 9.65. The van der Waals surface area contributed by atoms with Crippen LogP contribution in [-0.4, -0.2) is 29.4 Å². The topological polar surface area (TPSA) is 77.5 Å². The Morgan fingerprint density at radius 2 is 1.88 bits per heavy atom. The summed E-state index contributed by atoms with van der Waals surface area (Å²) in [6, 6.07) is 0. The summed E-state index contributed by atoms with van der Waals surface area (Å²) < 4.78 is 5.36. The van der Waals surface area contributed by atoms with Crippen LogP contribution in [0.5, 0.6) is 0 Å². The van der Waals surface area contributed by atoms with Crippen LogP contribution in [-0.2, 0) is 23.9 Å². The van der Waals surface area contributed by atoms with Gasteiger partial charge in [0.05, 0.1) is 0 Å². The second-order valence-corrected chi connectivity index (χ2v) is 9.10. The Bertz CT molecular complexity index is 750. The lowest BCUT2D eigenvalue weighted by atomic mass is 9.47. The van der Waals surface area contributed by atoms with Crippen molar-refractivity contribution < 1.29 is 23.9 Å². The monoisotopic (exact) mass is 358 g/mol. The van der Waals surface area contributed by atoms with Gasteiger partial charge in [-0.2, -0.15) is 0 Å². The molecule has 0 radical (unpaired) electrons. The summed E-state index contributed by atoms with van der Waals surface area (Å²) in [5.74, 6) is -0.843. The molecule has 4 aliphatic rings. The van der Waals surface area contributed by atoms with Crippen molar-refractivity contribution in [1.82, 2.24) is 0 Å². The molecular weight excluding hydrogens is 332 g/mol. The second-order valence-electron chi connectivity index (χ2n) is 9.10. The molecule has 0 N–H and O–H groups in total. The third kappa shape index (κ3) is 2.28. The van der Waals surface area contributed by atoms with E-state index in [4.69, 9.17) is 4.74 Å². The van der Waals surface area contributed by atoms with Gasteiger partial charge in [-0.1, -0.05) is 19.4 Å². The molecule has 0 spiro atoms. The van der Waals surface area contributed by atoms with E-state index in [9.17, 15) is 19.2 Å². The zero-order valence-electron chi connectivity index (χ0n) is 15.7. The highest BCUT2D eigenvalue weighted by atomic mass is 16.5. The number of Topliss-reactive ketones (excluding diaryl/α,β-unsaturated/α-hetero) is 2. The molecule has 4 rings (SSSR count). The Labute approximate surface area is 153 Å². The highest BCUT2D eigenvalue weighted by Gasteiger charge is 2.64. The van der Waals surface area contributed by atoms with Crippen molar-refractivity contribution in [3.8, 4) is 0 Å². The molecule has 26 heavy (non-hydrogen) atoms. The summed E-state index contributed by atoms with van der Waals surface area (Å²) in [6.07, 6.45) is 4.91. The lowest BCUT2D eigenvalue weighted by Crippen LogP contribution is -2.57. The molecular formula is C21H26O5. The van der Waals surface area contributed by atoms with E-state index in [1.165, 1.54) is 6.92 Å². The van der Waals surface area contributed by atoms with Gasteiger partial charge in [0, 0.05) is 43.4 Å². The van der Waals surface area contributed by atoms with Gasteiger partial charge in [-0.05, 0) is 36.7 Å². The first-order valence-corrected chi connectivity index (χ1v) is 9.65. The van der Waals surface area contributed by atoms with E-state index in [-0.39, 0.29) is 59.0 Å². The minimum atomic E-state index is -0.662. The molecule has 140 valence electrons. The van der Waals surface area contributed by atoms with Gasteiger partial charge in [0.25, 0.3) is 0 Å². The molecule has 0 aromatic rings. The Balaban J connectivity index is 1.72. The molecule has 0 aromatic carbocycles. The minimum Gasteiger partial charge on any atom is -0.462 e. The predicted octanol–water partition coefficient (Wildman–Crippen LogP) is 2.81. The number of ether oxygens (including phenoxy) is 1. The molecule has 3 saturated carbocycles. The van der Waals surface area contributed by atoms with Crippen molar-refractivity contribution in [3.63, 3.8) is 0 Å². The average molecular weight is 358 g/mol. The quantitative estimate of drug-likeness (QED) is 0.674. The fraction of sp³-hybridized carbons (Fsp3) is 0.714. The average Bonchev–Trinajstić information content (AvgIpc) is 2.83. The molecule has 0 heterocycles. The van der Waals surface area contributed by atoms with Crippen molar-refractivity contribution in [2.45, 2.75) is 65.4 Å². The number of hydrogen-bond donors (Lipinski definition) is 0. The molecule has 5 nitrogen and oxygen atoms in total. The number of hydrogen-bond acceptors (Lipinski definition) is 5. The number of ketones is 3. The summed E-state index contributed by atoms with van der Waals surface area (Å²) >= 11 is 0. The van der Waals surface area contributed by atoms with Crippen molar-refractivity contribution in [1.29, 1.82) is 0 Å². The smallest absolute Gasteiger partial charge is 0.302 e. The molecule has 5 heteroatoms. The maximum atomic E-state index is 13.2. The van der Waals surface area contributed by atoms with Crippen molar-refractivity contribution >= 4 is 23.3 Å². The molecule has 0 saturated heterocycles. The molecule has 0 aromatic heterocycles. The zero-order chi connectivity index (χ0) is 18.9. The van der Waals surface area contributed by atoms with Gasteiger partial charge in [-0.3, -0.25) is 19.2 Å². The minimum absolute atomic E-state index is 0.00933. The fourth-order valence-corrected chi connectivity index (χ4v) is 6.31. The summed E-state index contributed by atoms with van der Waals surface area (Å²) in [6.45, 7) is 5.37. The number of fused-ring (bicyclic) bond motifs is 5. The van der Waals surface area contributed by atoms with Crippen LogP contribution in [0, 0.1) is 28.6 Å². The zero-order valence-corrected chi connectivity index (χ0v) is 15.7. The Morgan fingerprint density at radius 1 is 1.15 bits per heavy atom. The van der Waals surface area contributed by atoms with Gasteiger partial charge in [0.2, 0.25) is 0 Å². The van der Waals surface area contributed by atoms with Crippen LogP contribution in [0.25, 0.3) is 0 Å². The summed E-state index contributed by atoms with van der Waals surface area (Å²) in [7, 11) is 0. The maximum absolute atomic E-state index is 13.2. The number of carbonyl (C=O) groups excluding carboxylic acids is 4. The van der Waals surface area contributed by atoms with E-state index in [0.29, 0.717) is 25.7 Å². The number of rotatable bonds is 1. The summed E-state index contributed by atoms with van der Waals surface area (Å²) in [5.41, 5.74) is -0.0772. The van der Waals surface area contributed by atoms with Crippen LogP contribution < -0.4 is 0 Å².